The molecule has 6 heteroatoms. The van der Waals surface area contributed by atoms with Crippen LogP contribution in [0.5, 0.6) is 5.75 Å². The zero-order chi connectivity index (χ0) is 18.8. The van der Waals surface area contributed by atoms with E-state index < -0.39 is 17.4 Å². The van der Waals surface area contributed by atoms with Gasteiger partial charge in [-0.2, -0.15) is 0 Å². The zero-order valence-electron chi connectivity index (χ0n) is 15.8. The van der Waals surface area contributed by atoms with E-state index >= 15 is 0 Å². The molecule has 0 aromatic heterocycles. The number of ether oxygens (including phenoxy) is 1. The zero-order valence-corrected chi connectivity index (χ0v) is 15.8. The van der Waals surface area contributed by atoms with E-state index in [1.807, 2.05) is 0 Å². The third kappa shape index (κ3) is 4.00. The van der Waals surface area contributed by atoms with E-state index in [0.29, 0.717) is 19.0 Å². The van der Waals surface area contributed by atoms with Crippen molar-refractivity contribution in [3.05, 3.63) is 29.3 Å². The van der Waals surface area contributed by atoms with Gasteiger partial charge in [0, 0.05) is 32.2 Å². The molecule has 1 saturated heterocycles. The molecule has 1 atom stereocenters. The Bertz CT molecular complexity index is 661. The van der Waals surface area contributed by atoms with Crippen molar-refractivity contribution in [2.75, 3.05) is 33.3 Å². The summed E-state index contributed by atoms with van der Waals surface area (Å²) in [7, 11) is 1.20. The molecule has 1 aliphatic carbocycles. The standard InChI is InChI=1S/C20H28F2N2O2/c1-13(2)17-12-24(10-4-9-23(17)11-14-5-6-14)20(25)15-7-8-16(21)19(26-3)18(15)22/h7-8,13-14,17H,4-6,9-12H2,1-3H3. The third-order valence-corrected chi connectivity index (χ3v) is 5.48. The molecule has 26 heavy (non-hydrogen) atoms. The van der Waals surface area contributed by atoms with Crippen molar-refractivity contribution >= 4 is 5.91 Å². The van der Waals surface area contributed by atoms with Crippen LogP contribution in [0.1, 0.15) is 43.5 Å². The van der Waals surface area contributed by atoms with Crippen molar-refractivity contribution in [3.8, 4) is 5.75 Å². The summed E-state index contributed by atoms with van der Waals surface area (Å²) in [6, 6.07) is 2.56. The summed E-state index contributed by atoms with van der Waals surface area (Å²) in [6.07, 6.45) is 3.46. The van der Waals surface area contributed by atoms with Crippen LogP contribution in [0.15, 0.2) is 12.1 Å². The molecule has 1 unspecified atom stereocenters. The molecule has 1 saturated carbocycles. The number of nitrogens with zero attached hydrogens (tertiary/aromatic N) is 2. The number of hydrogen-bond donors (Lipinski definition) is 0. The molecule has 2 aliphatic rings. The van der Waals surface area contributed by atoms with Crippen LogP contribution in [0, 0.1) is 23.5 Å². The highest BCUT2D eigenvalue weighted by Crippen LogP contribution is 2.32. The lowest BCUT2D eigenvalue weighted by Gasteiger charge is -2.34. The molecule has 4 nitrogen and oxygen atoms in total. The Hall–Kier alpha value is -1.69. The highest BCUT2D eigenvalue weighted by molar-refractivity contribution is 5.95. The van der Waals surface area contributed by atoms with Crippen molar-refractivity contribution in [2.24, 2.45) is 11.8 Å². The van der Waals surface area contributed by atoms with Gasteiger partial charge >= 0.3 is 0 Å². The summed E-state index contributed by atoms with van der Waals surface area (Å²) in [4.78, 5) is 17.2. The quantitative estimate of drug-likeness (QED) is 0.799. The predicted molar refractivity (Wildman–Crippen MR) is 96.4 cm³/mol. The minimum Gasteiger partial charge on any atom is -0.491 e. The topological polar surface area (TPSA) is 32.8 Å². The van der Waals surface area contributed by atoms with Gasteiger partial charge in [0.15, 0.2) is 17.4 Å². The summed E-state index contributed by atoms with van der Waals surface area (Å²) in [5.41, 5.74) is -0.124. The maximum atomic E-state index is 14.5. The van der Waals surface area contributed by atoms with E-state index in [2.05, 4.69) is 18.7 Å². The number of carbonyl (C=O) groups is 1. The molecule has 1 amide bonds. The van der Waals surface area contributed by atoms with E-state index in [-0.39, 0.29) is 17.5 Å². The number of rotatable bonds is 5. The van der Waals surface area contributed by atoms with Crippen LogP contribution < -0.4 is 4.74 Å². The van der Waals surface area contributed by atoms with Crippen LogP contribution in [0.25, 0.3) is 0 Å². The lowest BCUT2D eigenvalue weighted by Crippen LogP contribution is -2.46. The fourth-order valence-electron chi connectivity index (χ4n) is 3.79. The van der Waals surface area contributed by atoms with E-state index in [1.165, 1.54) is 26.0 Å². The van der Waals surface area contributed by atoms with Gasteiger partial charge in [-0.25, -0.2) is 8.78 Å². The normalized spacial score (nSPS) is 21.8. The van der Waals surface area contributed by atoms with Gasteiger partial charge in [-0.15, -0.1) is 0 Å². The molecule has 1 heterocycles. The molecule has 0 bridgehead atoms. The highest BCUT2D eigenvalue weighted by Gasteiger charge is 2.34. The van der Waals surface area contributed by atoms with Gasteiger partial charge in [0.2, 0.25) is 0 Å². The Morgan fingerprint density at radius 3 is 2.62 bits per heavy atom. The van der Waals surface area contributed by atoms with Gasteiger partial charge in [0.1, 0.15) is 0 Å². The Balaban J connectivity index is 1.80. The molecule has 1 aromatic carbocycles. The van der Waals surface area contributed by atoms with Gasteiger partial charge < -0.3 is 9.64 Å². The first-order valence-electron chi connectivity index (χ1n) is 9.47. The maximum absolute atomic E-state index is 14.5. The molecule has 1 aliphatic heterocycles. The van der Waals surface area contributed by atoms with Crippen LogP contribution in [0.3, 0.4) is 0 Å². The molecular weight excluding hydrogens is 338 g/mol. The summed E-state index contributed by atoms with van der Waals surface area (Å²) in [5.74, 6) is -1.42. The first kappa shape index (κ1) is 19.1. The van der Waals surface area contributed by atoms with Crippen molar-refractivity contribution < 1.29 is 18.3 Å². The predicted octanol–water partition coefficient (Wildman–Crippen LogP) is 3.56. The van der Waals surface area contributed by atoms with Crippen molar-refractivity contribution in [1.29, 1.82) is 0 Å². The average molecular weight is 366 g/mol. The largest absolute Gasteiger partial charge is 0.491 e. The number of carbonyl (C=O) groups excluding carboxylic acids is 1. The van der Waals surface area contributed by atoms with Gasteiger partial charge in [0.05, 0.1) is 12.7 Å². The first-order valence-corrected chi connectivity index (χ1v) is 9.47. The second-order valence-corrected chi connectivity index (χ2v) is 7.80. The van der Waals surface area contributed by atoms with Crippen LogP contribution >= 0.6 is 0 Å². The van der Waals surface area contributed by atoms with Crippen LogP contribution in [0.4, 0.5) is 8.78 Å². The average Bonchev–Trinajstić information content (AvgIpc) is 3.42. The number of halogens is 2. The minimum absolute atomic E-state index is 0.124. The van der Waals surface area contributed by atoms with Crippen LogP contribution in [-0.4, -0.2) is 55.0 Å². The second kappa shape index (κ2) is 7.91. The smallest absolute Gasteiger partial charge is 0.257 e. The molecule has 144 valence electrons. The molecule has 0 spiro atoms. The lowest BCUT2D eigenvalue weighted by molar-refractivity contribution is 0.0699. The molecule has 2 fully saturated rings. The second-order valence-electron chi connectivity index (χ2n) is 7.80. The van der Waals surface area contributed by atoms with Gasteiger partial charge in [0.25, 0.3) is 5.91 Å². The lowest BCUT2D eigenvalue weighted by atomic mass is 10.0. The van der Waals surface area contributed by atoms with E-state index in [0.717, 1.165) is 31.5 Å². The molecule has 3 rings (SSSR count). The van der Waals surface area contributed by atoms with Crippen molar-refractivity contribution in [3.63, 3.8) is 0 Å². The Labute approximate surface area is 154 Å². The Morgan fingerprint density at radius 2 is 2.00 bits per heavy atom. The highest BCUT2D eigenvalue weighted by atomic mass is 19.1. The Morgan fingerprint density at radius 1 is 1.27 bits per heavy atom. The van der Waals surface area contributed by atoms with Crippen LogP contribution in [0.2, 0.25) is 0 Å². The summed E-state index contributed by atoms with van der Waals surface area (Å²) >= 11 is 0. The van der Waals surface area contributed by atoms with Crippen molar-refractivity contribution in [2.45, 2.75) is 39.2 Å². The number of amides is 1. The number of hydrogen-bond acceptors (Lipinski definition) is 3. The molecule has 0 N–H and O–H groups in total. The van der Waals surface area contributed by atoms with E-state index in [4.69, 9.17) is 4.74 Å². The first-order chi connectivity index (χ1) is 12.4. The number of benzene rings is 1. The third-order valence-electron chi connectivity index (χ3n) is 5.48. The van der Waals surface area contributed by atoms with E-state index in [1.54, 1.807) is 4.90 Å². The monoisotopic (exact) mass is 366 g/mol. The molecule has 1 aromatic rings. The van der Waals surface area contributed by atoms with Gasteiger partial charge in [-0.05, 0) is 43.2 Å². The maximum Gasteiger partial charge on any atom is 0.257 e. The molecular formula is C20H28F2N2O2. The van der Waals surface area contributed by atoms with Gasteiger partial charge in [-0.1, -0.05) is 13.8 Å². The van der Waals surface area contributed by atoms with Gasteiger partial charge in [-0.3, -0.25) is 9.69 Å². The van der Waals surface area contributed by atoms with Crippen molar-refractivity contribution in [1.82, 2.24) is 9.80 Å². The Kier molecular flexibility index (Phi) is 5.80. The minimum atomic E-state index is -0.919. The number of methoxy groups -OCH3 is 1. The fraction of sp³-hybridized carbons (Fsp3) is 0.650. The fourth-order valence-corrected chi connectivity index (χ4v) is 3.79. The summed E-state index contributed by atoms with van der Waals surface area (Å²) in [5, 5.41) is 0. The SMILES string of the molecule is COc1c(F)ccc(C(=O)N2CCCN(CC3CC3)C(C(C)C)C2)c1F. The van der Waals surface area contributed by atoms with E-state index in [9.17, 15) is 13.6 Å². The summed E-state index contributed by atoms with van der Waals surface area (Å²) in [6.45, 7) is 7.53. The molecule has 0 radical (unpaired) electrons. The summed E-state index contributed by atoms with van der Waals surface area (Å²) < 4.78 is 33.0. The van der Waals surface area contributed by atoms with Crippen LogP contribution in [-0.2, 0) is 0 Å².